The summed E-state index contributed by atoms with van der Waals surface area (Å²) in [6, 6.07) is 16.7. The molecule has 3 N–H and O–H groups in total. The van der Waals surface area contributed by atoms with Gasteiger partial charge in [-0.15, -0.1) is 6.42 Å². The van der Waals surface area contributed by atoms with E-state index in [1.165, 1.54) is 87.9 Å². The predicted molar refractivity (Wildman–Crippen MR) is 291 cm³/mol. The number of hydrogen-bond acceptors (Lipinski definition) is 12. The van der Waals surface area contributed by atoms with Crippen LogP contribution in [-0.4, -0.2) is 61.9 Å². The number of nitrogens with two attached hydrogens (primary N) is 1. The van der Waals surface area contributed by atoms with Gasteiger partial charge >= 0.3 is 25.8 Å². The zero-order valence-electron chi connectivity index (χ0n) is 44.7. The van der Waals surface area contributed by atoms with Crippen LogP contribution in [0.2, 0.25) is 0 Å². The fourth-order valence-electron chi connectivity index (χ4n) is 9.55. The number of nitrogens with one attached hydrogen (secondary N) is 1. The lowest BCUT2D eigenvalue weighted by molar-refractivity contribution is -0.158. The lowest BCUT2D eigenvalue weighted by Crippen LogP contribution is -2.46. The summed E-state index contributed by atoms with van der Waals surface area (Å²) >= 11 is 0. The summed E-state index contributed by atoms with van der Waals surface area (Å²) in [5, 5.41) is 3.00. The largest absolute Gasteiger partial charge is 0.461 e. The van der Waals surface area contributed by atoms with Gasteiger partial charge in [0.05, 0.1) is 6.33 Å². The number of rotatable bonds is 39. The highest BCUT2D eigenvalue weighted by molar-refractivity contribution is 7.52. The van der Waals surface area contributed by atoms with Crippen molar-refractivity contribution in [1.82, 2.24) is 24.6 Å². The van der Waals surface area contributed by atoms with E-state index in [0.29, 0.717) is 6.42 Å². The van der Waals surface area contributed by atoms with Gasteiger partial charge in [0.2, 0.25) is 0 Å². The van der Waals surface area contributed by atoms with E-state index < -0.39 is 56.3 Å². The van der Waals surface area contributed by atoms with Gasteiger partial charge in [0.15, 0.2) is 22.6 Å². The van der Waals surface area contributed by atoms with Gasteiger partial charge in [0.25, 0.3) is 0 Å². The number of nitrogens with zero attached hydrogens (tertiary/aromatic N) is 4. The van der Waals surface area contributed by atoms with Crippen LogP contribution in [0.5, 0.6) is 5.75 Å². The zero-order chi connectivity index (χ0) is 52.9. The first-order chi connectivity index (χ1) is 36.0. The fourth-order valence-corrected chi connectivity index (χ4v) is 11.1. The maximum absolute atomic E-state index is 15.5. The third kappa shape index (κ3) is 20.3. The second kappa shape index (κ2) is 33.2. The number of halogens is 1. The molecule has 1 aliphatic heterocycles. The molecule has 4 unspecified atom stereocenters. The Bertz CT molecular complexity index is 2300. The molecule has 5 rings (SSSR count). The normalized spacial score (nSPS) is 17.8. The van der Waals surface area contributed by atoms with Gasteiger partial charge in [0, 0.05) is 12.8 Å². The van der Waals surface area contributed by atoms with E-state index in [2.05, 4.69) is 46.7 Å². The summed E-state index contributed by atoms with van der Waals surface area (Å²) in [5.74, 6) is 1.59. The van der Waals surface area contributed by atoms with Crippen LogP contribution < -0.4 is 15.3 Å². The third-order valence-corrected chi connectivity index (χ3v) is 15.4. The highest BCUT2D eigenvalue weighted by atomic mass is 31.2. The van der Waals surface area contributed by atoms with Crippen LogP contribution in [0.4, 0.5) is 10.2 Å². The van der Waals surface area contributed by atoms with Crippen LogP contribution in [0.25, 0.3) is 11.2 Å². The Morgan fingerprint density at radius 3 is 1.92 bits per heavy atom. The van der Waals surface area contributed by atoms with Gasteiger partial charge in [-0.05, 0) is 56.2 Å². The number of carbonyl (C=O) groups is 2. The van der Waals surface area contributed by atoms with Gasteiger partial charge in [-0.25, -0.2) is 9.55 Å². The van der Waals surface area contributed by atoms with E-state index in [-0.39, 0.29) is 48.1 Å². The molecule has 0 spiro atoms. The minimum atomic E-state index is -4.62. The molecule has 2 aromatic heterocycles. The lowest BCUT2D eigenvalue weighted by atomic mass is 9.98. The Morgan fingerprint density at radius 1 is 0.811 bits per heavy atom. The number of para-hydroxylation sites is 1. The first-order valence-electron chi connectivity index (χ1n) is 28.0. The SMILES string of the molecule is C#CC1(CO[P@@](=O)(NC(Cc2ccccc2)C(=O)OC(CCCCCCCCCCC)CCCCCCCCCCC)Oc2ccccc2)OC(n2cnc3c(N)nc(F)nc32)CC1OC(=O)CCCCCCC. The number of ether oxygens (including phenoxy) is 3. The third-order valence-electron chi connectivity index (χ3n) is 13.9. The minimum Gasteiger partial charge on any atom is -0.461 e. The summed E-state index contributed by atoms with van der Waals surface area (Å²) in [4.78, 5) is 40.1. The van der Waals surface area contributed by atoms with Gasteiger partial charge < -0.3 is 24.5 Å². The van der Waals surface area contributed by atoms with Crippen LogP contribution in [0.15, 0.2) is 67.0 Å². The summed E-state index contributed by atoms with van der Waals surface area (Å²) < 4.78 is 63.3. The number of aromatic nitrogens is 4. The first-order valence-corrected chi connectivity index (χ1v) is 29.6. The van der Waals surface area contributed by atoms with Crippen molar-refractivity contribution in [1.29, 1.82) is 0 Å². The van der Waals surface area contributed by atoms with Crippen molar-refractivity contribution in [3.8, 4) is 18.1 Å². The maximum Gasteiger partial charge on any atom is 0.459 e. The number of terminal acetylenes is 1. The molecule has 0 aliphatic carbocycles. The molecule has 5 atom stereocenters. The maximum atomic E-state index is 15.5. The molecule has 1 saturated heterocycles. The van der Waals surface area contributed by atoms with E-state index in [4.69, 9.17) is 35.4 Å². The molecular formula is C58H86FN6O8P. The number of hydrogen-bond donors (Lipinski definition) is 2. The summed E-state index contributed by atoms with van der Waals surface area (Å²) in [6.07, 6.45) is 31.6. The molecule has 74 heavy (non-hydrogen) atoms. The van der Waals surface area contributed by atoms with Crippen molar-refractivity contribution in [2.45, 2.75) is 231 Å². The van der Waals surface area contributed by atoms with E-state index in [0.717, 1.165) is 82.6 Å². The van der Waals surface area contributed by atoms with Crippen molar-refractivity contribution in [2.24, 2.45) is 0 Å². The van der Waals surface area contributed by atoms with Crippen LogP contribution in [-0.2, 0) is 39.3 Å². The number of anilines is 1. The molecule has 408 valence electrons. The van der Waals surface area contributed by atoms with Crippen LogP contribution in [0, 0.1) is 18.4 Å². The molecule has 14 nitrogen and oxygen atoms in total. The van der Waals surface area contributed by atoms with Crippen molar-refractivity contribution in [3.63, 3.8) is 0 Å². The first kappa shape index (κ1) is 60.0. The summed E-state index contributed by atoms with van der Waals surface area (Å²) in [5.41, 5.74) is 5.09. The van der Waals surface area contributed by atoms with Crippen molar-refractivity contribution in [2.75, 3.05) is 12.3 Å². The van der Waals surface area contributed by atoms with Gasteiger partial charge in [-0.1, -0.05) is 204 Å². The zero-order valence-corrected chi connectivity index (χ0v) is 45.6. The van der Waals surface area contributed by atoms with Crippen LogP contribution in [0.3, 0.4) is 0 Å². The fraction of sp³-hybridized carbons (Fsp3) is 0.638. The van der Waals surface area contributed by atoms with E-state index in [9.17, 15) is 14.0 Å². The molecule has 1 aliphatic rings. The molecule has 0 saturated carbocycles. The number of imidazole rings is 1. The van der Waals surface area contributed by atoms with Crippen molar-refractivity contribution >= 4 is 36.7 Å². The predicted octanol–water partition coefficient (Wildman–Crippen LogP) is 14.3. The molecular weight excluding hydrogens is 959 g/mol. The Hall–Kier alpha value is -4.87. The topological polar surface area (TPSA) is 179 Å². The minimum absolute atomic E-state index is 0.0330. The highest BCUT2D eigenvalue weighted by Crippen LogP contribution is 2.49. The molecule has 4 aromatic rings. The molecule has 0 radical (unpaired) electrons. The highest BCUT2D eigenvalue weighted by Gasteiger charge is 2.53. The van der Waals surface area contributed by atoms with Crippen molar-refractivity contribution < 1.29 is 41.8 Å². The number of carbonyl (C=O) groups excluding carboxylic acids is 2. The molecule has 16 heteroatoms. The number of unbranched alkanes of at least 4 members (excludes halogenated alkanes) is 20. The monoisotopic (exact) mass is 1040 g/mol. The standard InChI is InChI=1S/C58H86FN6O8P/c1-5-9-12-15-17-19-21-24-30-37-47(38-31-25-22-20-18-16-13-10-6-2)70-56(67)49(42-46-35-28-26-29-36-46)64-74(68,73-48-39-32-27-33-40-48)69-44-58(8-4)50(71-52(66)41-34-23-14-11-7-3)43-51(72-58)65-45-61-53-54(60)62-57(59)63-55(53)65/h4,26-29,32-33,35-36,39-40,45,47,49-51H,5-7,9-25,30-31,34,37-38,41-44H2,1-3H3,(H,64,68)(H2,60,62,63)/t49?,50?,51?,58?,74-/m0/s1. The number of esters is 2. The average molecular weight is 1050 g/mol. The van der Waals surface area contributed by atoms with E-state index in [1.807, 2.05) is 30.3 Å². The van der Waals surface area contributed by atoms with Gasteiger partial charge in [-0.2, -0.15) is 19.4 Å². The Balaban J connectivity index is 1.39. The van der Waals surface area contributed by atoms with E-state index >= 15 is 4.57 Å². The Labute approximate surface area is 441 Å². The smallest absolute Gasteiger partial charge is 0.459 e. The lowest BCUT2D eigenvalue weighted by Gasteiger charge is -2.31. The number of nitrogen functional groups attached to an aromatic ring is 1. The number of fused-ring (bicyclic) bond motifs is 1. The van der Waals surface area contributed by atoms with Crippen LogP contribution >= 0.6 is 7.75 Å². The molecule has 1 fully saturated rings. The van der Waals surface area contributed by atoms with Gasteiger partial charge in [0.1, 0.15) is 36.8 Å². The van der Waals surface area contributed by atoms with Gasteiger partial charge in [-0.3, -0.25) is 18.7 Å². The Morgan fingerprint density at radius 2 is 1.35 bits per heavy atom. The van der Waals surface area contributed by atoms with E-state index in [1.54, 1.807) is 30.3 Å². The average Bonchev–Trinajstić information content (AvgIpc) is 3.99. The second-order valence-electron chi connectivity index (χ2n) is 20.0. The summed E-state index contributed by atoms with van der Waals surface area (Å²) in [7, 11) is -4.62. The summed E-state index contributed by atoms with van der Waals surface area (Å²) in [6.45, 7) is 5.96. The van der Waals surface area contributed by atoms with Crippen molar-refractivity contribution in [3.05, 3.63) is 78.6 Å². The molecule has 3 heterocycles. The molecule has 0 bridgehead atoms. The Kier molecular flexibility index (Phi) is 26.9. The van der Waals surface area contributed by atoms with Crippen LogP contribution in [0.1, 0.15) is 206 Å². The molecule has 0 amide bonds. The molecule has 2 aromatic carbocycles. The quantitative estimate of drug-likeness (QED) is 0.0142. The second-order valence-corrected chi connectivity index (χ2v) is 21.7. The number of benzene rings is 2.